The summed E-state index contributed by atoms with van der Waals surface area (Å²) in [5, 5.41) is 17.9. The van der Waals surface area contributed by atoms with Crippen molar-refractivity contribution in [3.8, 4) is 0 Å². The second-order valence-corrected chi connectivity index (χ2v) is 5.71. The fourth-order valence-corrected chi connectivity index (χ4v) is 2.33. The highest BCUT2D eigenvalue weighted by atomic mass is 35.5. The number of fused-ring (bicyclic) bond motifs is 1. The number of carbonyl (C=O) groups is 1. The number of halogens is 1. The second-order valence-electron chi connectivity index (χ2n) is 5.28. The summed E-state index contributed by atoms with van der Waals surface area (Å²) in [4.78, 5) is 17.4. The highest BCUT2D eigenvalue weighted by Crippen LogP contribution is 2.26. The quantitative estimate of drug-likeness (QED) is 0.721. The number of imidazole rings is 1. The number of carboxylic acids is 1. The molecule has 2 heterocycles. The third kappa shape index (κ3) is 3.07. The molecule has 0 spiro atoms. The van der Waals surface area contributed by atoms with Crippen molar-refractivity contribution in [2.24, 2.45) is 10.2 Å². The van der Waals surface area contributed by atoms with Gasteiger partial charge >= 0.3 is 5.97 Å². The van der Waals surface area contributed by atoms with Gasteiger partial charge in [-0.2, -0.15) is 0 Å². The number of pyridine rings is 1. The molecule has 0 saturated carbocycles. The van der Waals surface area contributed by atoms with Gasteiger partial charge in [-0.15, -0.1) is 10.2 Å². The fraction of sp³-hybridized carbons (Fsp3) is 0.125. The molecule has 0 aliphatic heterocycles. The molecule has 0 atom stereocenters. The maximum absolute atomic E-state index is 11.4. The summed E-state index contributed by atoms with van der Waals surface area (Å²) in [6.45, 7) is 0. The van der Waals surface area contributed by atoms with Gasteiger partial charge in [0.2, 0.25) is 0 Å². The lowest BCUT2D eigenvalue weighted by atomic mass is 10.3. The van der Waals surface area contributed by atoms with Crippen LogP contribution in [0.1, 0.15) is 10.5 Å². The van der Waals surface area contributed by atoms with E-state index in [0.29, 0.717) is 16.4 Å². The van der Waals surface area contributed by atoms with Crippen LogP contribution >= 0.6 is 11.6 Å². The van der Waals surface area contributed by atoms with Crippen LogP contribution in [0.4, 0.5) is 17.2 Å². The van der Waals surface area contributed by atoms with Gasteiger partial charge in [0.05, 0.1) is 10.7 Å². The van der Waals surface area contributed by atoms with Crippen molar-refractivity contribution in [2.75, 3.05) is 19.0 Å². The van der Waals surface area contributed by atoms with Crippen molar-refractivity contribution in [3.05, 3.63) is 53.3 Å². The third-order valence-corrected chi connectivity index (χ3v) is 3.61. The molecule has 1 aromatic carbocycles. The molecule has 1 N–H and O–H groups in total. The van der Waals surface area contributed by atoms with Gasteiger partial charge in [-0.3, -0.25) is 4.40 Å². The molecule has 0 saturated heterocycles. The Morgan fingerprint density at radius 1 is 1.17 bits per heavy atom. The molecular weight excluding hydrogens is 330 g/mol. The molecule has 3 aromatic rings. The number of rotatable bonds is 4. The first-order chi connectivity index (χ1) is 11.5. The van der Waals surface area contributed by atoms with Gasteiger partial charge in [-0.25, -0.2) is 9.78 Å². The lowest BCUT2D eigenvalue weighted by Gasteiger charge is -2.11. The minimum atomic E-state index is -1.17. The summed E-state index contributed by atoms with van der Waals surface area (Å²) in [5.41, 5.74) is 1.90. The van der Waals surface area contributed by atoms with E-state index in [1.807, 2.05) is 31.1 Å². The molecule has 2 aromatic heterocycles. The predicted octanol–water partition coefficient (Wildman–Crippen LogP) is 4.17. The standard InChI is InChI=1S/C16H14ClN5O2/c1-21(2)12-6-4-11(5-7-12)19-20-15-14(16(23)24)18-13-8-3-10(17)9-22(13)15/h3-9H,1-2H3,(H,23,24). The minimum Gasteiger partial charge on any atom is -0.476 e. The summed E-state index contributed by atoms with van der Waals surface area (Å²) in [5.74, 6) is -1.05. The number of anilines is 1. The smallest absolute Gasteiger partial charge is 0.358 e. The average Bonchev–Trinajstić information content (AvgIpc) is 2.91. The van der Waals surface area contributed by atoms with Gasteiger partial charge in [0, 0.05) is 26.0 Å². The molecule has 0 aliphatic carbocycles. The number of aromatic carboxylic acids is 1. The van der Waals surface area contributed by atoms with Gasteiger partial charge < -0.3 is 10.0 Å². The molecule has 0 aliphatic rings. The Morgan fingerprint density at radius 3 is 2.50 bits per heavy atom. The van der Waals surface area contributed by atoms with Crippen molar-refractivity contribution in [1.82, 2.24) is 9.38 Å². The Kier molecular flexibility index (Phi) is 4.18. The maximum atomic E-state index is 11.4. The van der Waals surface area contributed by atoms with Crippen LogP contribution in [0.25, 0.3) is 5.65 Å². The number of azo groups is 1. The molecule has 7 nitrogen and oxygen atoms in total. The minimum absolute atomic E-state index is 0.122. The molecule has 24 heavy (non-hydrogen) atoms. The van der Waals surface area contributed by atoms with Crippen LogP contribution in [-0.4, -0.2) is 34.6 Å². The number of carboxylic acid groups (broad SMARTS) is 1. The van der Waals surface area contributed by atoms with Crippen molar-refractivity contribution in [3.63, 3.8) is 0 Å². The summed E-state index contributed by atoms with van der Waals surface area (Å²) >= 11 is 5.97. The number of hydrogen-bond acceptors (Lipinski definition) is 5. The Balaban J connectivity index is 2.03. The van der Waals surface area contributed by atoms with E-state index >= 15 is 0 Å². The number of aromatic nitrogens is 2. The molecule has 0 amide bonds. The molecule has 0 radical (unpaired) electrons. The number of hydrogen-bond donors (Lipinski definition) is 1. The highest BCUT2D eigenvalue weighted by molar-refractivity contribution is 6.30. The topological polar surface area (TPSA) is 82.6 Å². The zero-order valence-corrected chi connectivity index (χ0v) is 13.8. The second kappa shape index (κ2) is 6.29. The highest BCUT2D eigenvalue weighted by Gasteiger charge is 2.18. The van der Waals surface area contributed by atoms with Gasteiger partial charge in [0.25, 0.3) is 0 Å². The molecule has 0 fully saturated rings. The van der Waals surface area contributed by atoms with Gasteiger partial charge in [-0.05, 0) is 36.4 Å². The monoisotopic (exact) mass is 343 g/mol. The Hall–Kier alpha value is -2.93. The largest absolute Gasteiger partial charge is 0.476 e. The first kappa shape index (κ1) is 15.9. The predicted molar refractivity (Wildman–Crippen MR) is 92.1 cm³/mol. The van der Waals surface area contributed by atoms with Crippen LogP contribution in [0.5, 0.6) is 0 Å². The zero-order valence-electron chi connectivity index (χ0n) is 13.0. The Morgan fingerprint density at radius 2 is 1.88 bits per heavy atom. The van der Waals surface area contributed by atoms with Crippen molar-refractivity contribution < 1.29 is 9.90 Å². The van der Waals surface area contributed by atoms with Gasteiger partial charge in [-0.1, -0.05) is 11.6 Å². The SMILES string of the molecule is CN(C)c1ccc(N=Nc2c(C(=O)O)nc3ccc(Cl)cn23)cc1. The normalized spacial score (nSPS) is 11.3. The van der Waals surface area contributed by atoms with E-state index in [4.69, 9.17) is 11.6 Å². The summed E-state index contributed by atoms with van der Waals surface area (Å²) in [6.07, 6.45) is 1.56. The average molecular weight is 344 g/mol. The van der Waals surface area contributed by atoms with Crippen molar-refractivity contribution in [2.45, 2.75) is 0 Å². The summed E-state index contributed by atoms with van der Waals surface area (Å²) in [7, 11) is 3.88. The van der Waals surface area contributed by atoms with Gasteiger partial charge in [0.1, 0.15) is 5.65 Å². The first-order valence-corrected chi connectivity index (χ1v) is 7.43. The number of benzene rings is 1. The van der Waals surface area contributed by atoms with Crippen LogP contribution in [0.2, 0.25) is 5.02 Å². The van der Waals surface area contributed by atoms with Crippen molar-refractivity contribution >= 4 is 40.4 Å². The molecule has 0 unspecified atom stereocenters. The third-order valence-electron chi connectivity index (χ3n) is 3.39. The zero-order chi connectivity index (χ0) is 17.3. The van der Waals surface area contributed by atoms with Crippen LogP contribution in [0, 0.1) is 0 Å². The molecule has 0 bridgehead atoms. The van der Waals surface area contributed by atoms with Crippen LogP contribution in [-0.2, 0) is 0 Å². The maximum Gasteiger partial charge on any atom is 0.358 e. The number of nitrogens with zero attached hydrogens (tertiary/aromatic N) is 5. The van der Waals surface area contributed by atoms with Gasteiger partial charge in [0.15, 0.2) is 11.5 Å². The van der Waals surface area contributed by atoms with Crippen LogP contribution < -0.4 is 4.90 Å². The van der Waals surface area contributed by atoms with E-state index in [0.717, 1.165) is 5.69 Å². The van der Waals surface area contributed by atoms with E-state index < -0.39 is 5.97 Å². The van der Waals surface area contributed by atoms with Crippen LogP contribution in [0.3, 0.4) is 0 Å². The van der Waals surface area contributed by atoms with Crippen LogP contribution in [0.15, 0.2) is 52.8 Å². The first-order valence-electron chi connectivity index (χ1n) is 7.06. The van der Waals surface area contributed by atoms with E-state index in [1.54, 1.807) is 30.5 Å². The van der Waals surface area contributed by atoms with Crippen molar-refractivity contribution in [1.29, 1.82) is 0 Å². The summed E-state index contributed by atoms with van der Waals surface area (Å²) < 4.78 is 1.50. The summed E-state index contributed by atoms with van der Waals surface area (Å²) in [6, 6.07) is 10.7. The molecule has 3 rings (SSSR count). The fourth-order valence-electron chi connectivity index (χ4n) is 2.17. The Bertz CT molecular complexity index is 932. The van der Waals surface area contributed by atoms with E-state index in [2.05, 4.69) is 15.2 Å². The molecular formula is C16H14ClN5O2. The molecule has 122 valence electrons. The Labute approximate surface area is 142 Å². The lowest BCUT2D eigenvalue weighted by molar-refractivity contribution is 0.0692. The lowest BCUT2D eigenvalue weighted by Crippen LogP contribution is -2.07. The van der Waals surface area contributed by atoms with E-state index in [-0.39, 0.29) is 11.5 Å². The van der Waals surface area contributed by atoms with E-state index in [1.165, 1.54) is 4.40 Å². The molecule has 8 heteroatoms. The van der Waals surface area contributed by atoms with E-state index in [9.17, 15) is 9.90 Å².